The molecule has 0 bridgehead atoms. The highest BCUT2D eigenvalue weighted by molar-refractivity contribution is 6.07. The number of aryl methyl sites for hydroxylation is 3. The average molecular weight is 255 g/mol. The van der Waals surface area contributed by atoms with E-state index < -0.39 is 0 Å². The van der Waals surface area contributed by atoms with E-state index in [1.54, 1.807) is 12.1 Å². The van der Waals surface area contributed by atoms with Gasteiger partial charge in [0.15, 0.2) is 0 Å². The van der Waals surface area contributed by atoms with E-state index in [4.69, 9.17) is 5.73 Å². The molecule has 98 valence electrons. The van der Waals surface area contributed by atoms with Crippen LogP contribution < -0.4 is 11.1 Å². The molecule has 1 aromatic carbocycles. The van der Waals surface area contributed by atoms with Gasteiger partial charge in [-0.3, -0.25) is 4.79 Å². The normalized spacial score (nSPS) is 10.3. The summed E-state index contributed by atoms with van der Waals surface area (Å²) in [5.41, 5.74) is 9.74. The molecule has 0 spiro atoms. The topological polar surface area (TPSA) is 68.0 Å². The van der Waals surface area contributed by atoms with Gasteiger partial charge in [0.1, 0.15) is 5.82 Å². The summed E-state index contributed by atoms with van der Waals surface area (Å²) in [6.45, 7) is 5.79. The zero-order chi connectivity index (χ0) is 14.0. The van der Waals surface area contributed by atoms with Crippen LogP contribution in [-0.2, 0) is 0 Å². The maximum absolute atomic E-state index is 12.1. The highest BCUT2D eigenvalue weighted by atomic mass is 16.1. The molecular weight excluding hydrogens is 238 g/mol. The number of hydrogen-bond acceptors (Lipinski definition) is 3. The van der Waals surface area contributed by atoms with Gasteiger partial charge in [0.25, 0.3) is 5.91 Å². The lowest BCUT2D eigenvalue weighted by Gasteiger charge is -2.09. The SMILES string of the molecule is Cc1cc(C)nc(NC(=O)c2ccc(C)cc2N)c1. The molecule has 2 aromatic rings. The molecule has 4 nitrogen and oxygen atoms in total. The Hall–Kier alpha value is -2.36. The largest absolute Gasteiger partial charge is 0.398 e. The van der Waals surface area contributed by atoms with Gasteiger partial charge in [-0.2, -0.15) is 0 Å². The molecule has 3 N–H and O–H groups in total. The van der Waals surface area contributed by atoms with Crippen molar-refractivity contribution in [2.24, 2.45) is 0 Å². The van der Waals surface area contributed by atoms with E-state index in [2.05, 4.69) is 10.3 Å². The molecule has 4 heteroatoms. The fraction of sp³-hybridized carbons (Fsp3) is 0.200. The fourth-order valence-electron chi connectivity index (χ4n) is 1.98. The average Bonchev–Trinajstić information content (AvgIpc) is 2.26. The van der Waals surface area contributed by atoms with Crippen molar-refractivity contribution >= 4 is 17.4 Å². The number of pyridine rings is 1. The second-order valence-electron chi connectivity index (χ2n) is 4.72. The molecule has 1 heterocycles. The molecule has 1 aromatic heterocycles. The van der Waals surface area contributed by atoms with Crippen molar-refractivity contribution < 1.29 is 4.79 Å². The first-order chi connectivity index (χ1) is 8.95. The molecule has 0 fully saturated rings. The number of rotatable bonds is 2. The maximum Gasteiger partial charge on any atom is 0.258 e. The van der Waals surface area contributed by atoms with Gasteiger partial charge < -0.3 is 11.1 Å². The van der Waals surface area contributed by atoms with Crippen LogP contribution >= 0.6 is 0 Å². The molecule has 0 unspecified atom stereocenters. The molecule has 0 saturated carbocycles. The third kappa shape index (κ3) is 3.10. The first-order valence-corrected chi connectivity index (χ1v) is 6.08. The van der Waals surface area contributed by atoms with E-state index in [1.807, 2.05) is 39.0 Å². The van der Waals surface area contributed by atoms with Gasteiger partial charge in [0.05, 0.1) is 5.56 Å². The number of amides is 1. The number of benzene rings is 1. The Morgan fingerprint density at radius 1 is 1.11 bits per heavy atom. The minimum Gasteiger partial charge on any atom is -0.398 e. The summed E-state index contributed by atoms with van der Waals surface area (Å²) in [5.74, 6) is 0.303. The predicted molar refractivity (Wildman–Crippen MR) is 77.3 cm³/mol. The first kappa shape index (κ1) is 13.1. The minimum atomic E-state index is -0.241. The second kappa shape index (κ2) is 5.10. The van der Waals surface area contributed by atoms with Gasteiger partial charge >= 0.3 is 0 Å². The zero-order valence-corrected chi connectivity index (χ0v) is 11.3. The van der Waals surface area contributed by atoms with Gasteiger partial charge in [-0.05, 0) is 56.2 Å². The van der Waals surface area contributed by atoms with Crippen LogP contribution in [0.25, 0.3) is 0 Å². The Kier molecular flexibility index (Phi) is 3.51. The molecular formula is C15H17N3O. The Morgan fingerprint density at radius 3 is 2.47 bits per heavy atom. The Balaban J connectivity index is 2.25. The summed E-state index contributed by atoms with van der Waals surface area (Å²) in [7, 11) is 0. The van der Waals surface area contributed by atoms with E-state index in [0.717, 1.165) is 16.8 Å². The molecule has 19 heavy (non-hydrogen) atoms. The minimum absolute atomic E-state index is 0.241. The third-order valence-corrected chi connectivity index (χ3v) is 2.79. The highest BCUT2D eigenvalue weighted by Crippen LogP contribution is 2.16. The Bertz CT molecular complexity index is 615. The number of nitrogen functional groups attached to an aromatic ring is 1. The number of anilines is 2. The van der Waals surface area contributed by atoms with E-state index in [1.165, 1.54) is 0 Å². The van der Waals surface area contributed by atoms with E-state index >= 15 is 0 Å². The molecule has 0 aliphatic carbocycles. The quantitative estimate of drug-likeness (QED) is 0.811. The van der Waals surface area contributed by atoms with Crippen molar-refractivity contribution in [2.75, 3.05) is 11.1 Å². The van der Waals surface area contributed by atoms with Crippen molar-refractivity contribution in [2.45, 2.75) is 20.8 Å². The van der Waals surface area contributed by atoms with Crippen molar-refractivity contribution in [3.63, 3.8) is 0 Å². The lowest BCUT2D eigenvalue weighted by molar-refractivity contribution is 0.102. The van der Waals surface area contributed by atoms with E-state index in [-0.39, 0.29) is 5.91 Å². The molecule has 0 aliphatic heterocycles. The number of hydrogen-bond donors (Lipinski definition) is 2. The Labute approximate surface area is 112 Å². The summed E-state index contributed by atoms with van der Waals surface area (Å²) in [4.78, 5) is 16.4. The Morgan fingerprint density at radius 2 is 1.84 bits per heavy atom. The molecule has 2 rings (SSSR count). The van der Waals surface area contributed by atoms with Crippen LogP contribution in [0.2, 0.25) is 0 Å². The molecule has 1 amide bonds. The van der Waals surface area contributed by atoms with Crippen LogP contribution in [0.1, 0.15) is 27.2 Å². The molecule has 0 radical (unpaired) electrons. The lowest BCUT2D eigenvalue weighted by atomic mass is 10.1. The second-order valence-corrected chi connectivity index (χ2v) is 4.72. The van der Waals surface area contributed by atoms with Crippen molar-refractivity contribution in [3.05, 3.63) is 52.7 Å². The standard InChI is InChI=1S/C15H17N3O/c1-9-4-5-12(13(16)7-9)15(19)18-14-8-10(2)6-11(3)17-14/h4-8H,16H2,1-3H3,(H,17,18,19). The van der Waals surface area contributed by atoms with Gasteiger partial charge in [-0.25, -0.2) is 4.98 Å². The first-order valence-electron chi connectivity index (χ1n) is 6.08. The monoisotopic (exact) mass is 255 g/mol. The zero-order valence-electron chi connectivity index (χ0n) is 11.3. The van der Waals surface area contributed by atoms with E-state index in [9.17, 15) is 4.79 Å². The predicted octanol–water partition coefficient (Wildman–Crippen LogP) is 2.84. The smallest absolute Gasteiger partial charge is 0.258 e. The van der Waals surface area contributed by atoms with Crippen LogP contribution in [0.4, 0.5) is 11.5 Å². The lowest BCUT2D eigenvalue weighted by Crippen LogP contribution is -2.15. The number of carbonyl (C=O) groups is 1. The molecule has 0 aliphatic rings. The van der Waals surface area contributed by atoms with Gasteiger partial charge in [0, 0.05) is 11.4 Å². The van der Waals surface area contributed by atoms with Gasteiger partial charge in [-0.1, -0.05) is 6.07 Å². The fourth-order valence-corrected chi connectivity index (χ4v) is 1.98. The number of nitrogens with one attached hydrogen (secondary N) is 1. The summed E-state index contributed by atoms with van der Waals surface area (Å²) in [5, 5.41) is 2.77. The summed E-state index contributed by atoms with van der Waals surface area (Å²) in [6, 6.07) is 9.15. The van der Waals surface area contributed by atoms with E-state index in [0.29, 0.717) is 17.1 Å². The highest BCUT2D eigenvalue weighted by Gasteiger charge is 2.10. The van der Waals surface area contributed by atoms with Crippen molar-refractivity contribution in [3.8, 4) is 0 Å². The van der Waals surface area contributed by atoms with Crippen LogP contribution in [-0.4, -0.2) is 10.9 Å². The van der Waals surface area contributed by atoms with Crippen LogP contribution in [0, 0.1) is 20.8 Å². The summed E-state index contributed by atoms with van der Waals surface area (Å²) in [6.07, 6.45) is 0. The number of nitrogens with zero attached hydrogens (tertiary/aromatic N) is 1. The van der Waals surface area contributed by atoms with Crippen LogP contribution in [0.3, 0.4) is 0 Å². The summed E-state index contributed by atoms with van der Waals surface area (Å²) >= 11 is 0. The van der Waals surface area contributed by atoms with Crippen LogP contribution in [0.15, 0.2) is 30.3 Å². The van der Waals surface area contributed by atoms with Gasteiger partial charge in [0.2, 0.25) is 0 Å². The number of nitrogens with two attached hydrogens (primary N) is 1. The van der Waals surface area contributed by atoms with Crippen molar-refractivity contribution in [1.82, 2.24) is 4.98 Å². The number of carbonyl (C=O) groups excluding carboxylic acids is 1. The van der Waals surface area contributed by atoms with Crippen molar-refractivity contribution in [1.29, 1.82) is 0 Å². The van der Waals surface area contributed by atoms with Crippen LogP contribution in [0.5, 0.6) is 0 Å². The maximum atomic E-state index is 12.1. The molecule has 0 saturated heterocycles. The number of aromatic nitrogens is 1. The molecule has 0 atom stereocenters. The summed E-state index contributed by atoms with van der Waals surface area (Å²) < 4.78 is 0. The third-order valence-electron chi connectivity index (χ3n) is 2.79. The van der Waals surface area contributed by atoms with Gasteiger partial charge in [-0.15, -0.1) is 0 Å².